The topological polar surface area (TPSA) is 57.3 Å². The summed E-state index contributed by atoms with van der Waals surface area (Å²) in [5, 5.41) is 3.16. The van der Waals surface area contributed by atoms with E-state index in [9.17, 15) is 4.79 Å². The third-order valence-electron chi connectivity index (χ3n) is 6.77. The number of para-hydroxylation sites is 2. The molecule has 7 nitrogen and oxygen atoms in total. The minimum atomic E-state index is -0.177. The molecule has 0 aromatic heterocycles. The number of carbonyl (C=O) groups excluding carboxylic acids is 1. The van der Waals surface area contributed by atoms with Gasteiger partial charge in [-0.3, -0.25) is 9.69 Å². The summed E-state index contributed by atoms with van der Waals surface area (Å²) in [5.74, 6) is 0.808. The summed E-state index contributed by atoms with van der Waals surface area (Å²) in [7, 11) is 7.20. The Labute approximate surface area is 214 Å². The third-order valence-corrected chi connectivity index (χ3v) is 6.77. The maximum Gasteiger partial charge on any atom is 0.255 e. The molecule has 1 fully saturated rings. The molecule has 36 heavy (non-hydrogen) atoms. The van der Waals surface area contributed by atoms with Crippen molar-refractivity contribution in [3.05, 3.63) is 83.9 Å². The van der Waals surface area contributed by atoms with Crippen LogP contribution in [0.15, 0.2) is 72.8 Å². The molecule has 1 aliphatic heterocycles. The fraction of sp³-hybridized carbons (Fsp3) is 0.345. The van der Waals surface area contributed by atoms with Crippen molar-refractivity contribution < 1.29 is 14.3 Å². The van der Waals surface area contributed by atoms with Gasteiger partial charge in [-0.1, -0.05) is 36.4 Å². The van der Waals surface area contributed by atoms with E-state index in [1.807, 2.05) is 20.2 Å². The van der Waals surface area contributed by atoms with Crippen LogP contribution in [0.2, 0.25) is 0 Å². The number of benzene rings is 3. The lowest BCUT2D eigenvalue weighted by Crippen LogP contribution is -2.50. The number of rotatable bonds is 9. The van der Waals surface area contributed by atoms with Gasteiger partial charge < -0.3 is 24.6 Å². The molecule has 190 valence electrons. The maximum atomic E-state index is 13.2. The van der Waals surface area contributed by atoms with E-state index in [-0.39, 0.29) is 11.9 Å². The Morgan fingerprint density at radius 1 is 0.889 bits per heavy atom. The normalized spacial score (nSPS) is 14.7. The molecule has 0 saturated carbocycles. The van der Waals surface area contributed by atoms with Gasteiger partial charge >= 0.3 is 0 Å². The van der Waals surface area contributed by atoms with E-state index in [2.05, 4.69) is 68.5 Å². The second kappa shape index (κ2) is 11.8. The van der Waals surface area contributed by atoms with Gasteiger partial charge in [-0.05, 0) is 42.0 Å². The lowest BCUT2D eigenvalue weighted by Gasteiger charge is -2.40. The summed E-state index contributed by atoms with van der Waals surface area (Å²) in [6, 6.07) is 24.5. The molecule has 1 N–H and O–H groups in total. The van der Waals surface area contributed by atoms with E-state index in [4.69, 9.17) is 9.47 Å². The van der Waals surface area contributed by atoms with Crippen molar-refractivity contribution in [2.24, 2.45) is 0 Å². The van der Waals surface area contributed by atoms with Gasteiger partial charge in [0.2, 0.25) is 0 Å². The molecular weight excluding hydrogens is 452 g/mol. The quantitative estimate of drug-likeness (QED) is 0.490. The Hall–Kier alpha value is -3.71. The van der Waals surface area contributed by atoms with Gasteiger partial charge in [0.05, 0.1) is 25.8 Å². The number of anilines is 2. The van der Waals surface area contributed by atoms with Crippen molar-refractivity contribution >= 4 is 17.3 Å². The molecule has 0 unspecified atom stereocenters. The number of methoxy groups -OCH3 is 2. The predicted octanol–water partition coefficient (Wildman–Crippen LogP) is 4.06. The van der Waals surface area contributed by atoms with Crippen LogP contribution < -0.4 is 24.6 Å². The molecule has 4 rings (SSSR count). The zero-order chi connectivity index (χ0) is 25.5. The van der Waals surface area contributed by atoms with Gasteiger partial charge in [-0.15, -0.1) is 0 Å². The highest BCUT2D eigenvalue weighted by Gasteiger charge is 2.26. The lowest BCUT2D eigenvalue weighted by molar-refractivity contribution is 0.0926. The Morgan fingerprint density at radius 2 is 1.58 bits per heavy atom. The lowest BCUT2D eigenvalue weighted by atomic mass is 10.0. The highest BCUT2D eigenvalue weighted by atomic mass is 16.5. The zero-order valence-electron chi connectivity index (χ0n) is 21.6. The molecule has 1 aliphatic rings. The number of hydrogen-bond acceptors (Lipinski definition) is 6. The number of nitrogens with zero attached hydrogens (tertiary/aromatic N) is 3. The Kier molecular flexibility index (Phi) is 8.33. The smallest absolute Gasteiger partial charge is 0.255 e. The zero-order valence-corrected chi connectivity index (χ0v) is 21.6. The Bertz CT molecular complexity index is 1130. The monoisotopic (exact) mass is 488 g/mol. The Balaban J connectivity index is 1.51. The van der Waals surface area contributed by atoms with Crippen LogP contribution in [-0.4, -0.2) is 71.8 Å². The molecular formula is C29H36N4O3. The van der Waals surface area contributed by atoms with Crippen molar-refractivity contribution in [2.75, 3.05) is 70.8 Å². The number of carbonyl (C=O) groups is 1. The molecule has 3 aromatic carbocycles. The first-order valence-corrected chi connectivity index (χ1v) is 12.3. The summed E-state index contributed by atoms with van der Waals surface area (Å²) in [6.07, 6.45) is 0. The van der Waals surface area contributed by atoms with Crippen LogP contribution >= 0.6 is 0 Å². The molecule has 7 heteroatoms. The van der Waals surface area contributed by atoms with Crippen molar-refractivity contribution in [1.29, 1.82) is 0 Å². The van der Waals surface area contributed by atoms with Crippen molar-refractivity contribution in [1.82, 2.24) is 10.2 Å². The van der Waals surface area contributed by atoms with Gasteiger partial charge in [0, 0.05) is 58.2 Å². The fourth-order valence-electron chi connectivity index (χ4n) is 4.73. The van der Waals surface area contributed by atoms with Crippen molar-refractivity contribution in [2.45, 2.75) is 6.04 Å². The fourth-order valence-corrected chi connectivity index (χ4v) is 4.73. The molecule has 1 heterocycles. The SMILES string of the molecule is COc1cccc(C(=O)NC[C@H](c2ccc(N(C)C)cc2)N2CCN(c3ccccc3)CC2)c1OC. The minimum Gasteiger partial charge on any atom is -0.493 e. The molecule has 0 spiro atoms. The van der Waals surface area contributed by atoms with E-state index in [1.165, 1.54) is 11.3 Å². The van der Waals surface area contributed by atoms with Crippen LogP contribution in [0.5, 0.6) is 11.5 Å². The number of nitrogens with one attached hydrogen (secondary N) is 1. The third kappa shape index (κ3) is 5.74. The summed E-state index contributed by atoms with van der Waals surface area (Å²) in [6.45, 7) is 4.19. The molecule has 0 radical (unpaired) electrons. The average Bonchev–Trinajstić information content (AvgIpc) is 2.93. The first-order chi connectivity index (χ1) is 17.5. The van der Waals surface area contributed by atoms with E-state index in [0.29, 0.717) is 23.6 Å². The van der Waals surface area contributed by atoms with Crippen LogP contribution in [0.4, 0.5) is 11.4 Å². The largest absolute Gasteiger partial charge is 0.493 e. The number of hydrogen-bond donors (Lipinski definition) is 1. The predicted molar refractivity (Wildman–Crippen MR) is 146 cm³/mol. The maximum absolute atomic E-state index is 13.2. The van der Waals surface area contributed by atoms with Crippen molar-refractivity contribution in [3.8, 4) is 11.5 Å². The van der Waals surface area contributed by atoms with Gasteiger partial charge in [0.25, 0.3) is 5.91 Å². The summed E-state index contributed by atoms with van der Waals surface area (Å²) >= 11 is 0. The minimum absolute atomic E-state index is 0.0553. The van der Waals surface area contributed by atoms with E-state index < -0.39 is 0 Å². The average molecular weight is 489 g/mol. The molecule has 3 aromatic rings. The number of amides is 1. The van der Waals surface area contributed by atoms with E-state index >= 15 is 0 Å². The van der Waals surface area contributed by atoms with Crippen LogP contribution in [0.1, 0.15) is 22.0 Å². The van der Waals surface area contributed by atoms with Crippen LogP contribution in [0, 0.1) is 0 Å². The summed E-state index contributed by atoms with van der Waals surface area (Å²) < 4.78 is 10.9. The van der Waals surface area contributed by atoms with E-state index in [0.717, 1.165) is 31.9 Å². The second-order valence-electron chi connectivity index (χ2n) is 9.11. The van der Waals surface area contributed by atoms with E-state index in [1.54, 1.807) is 32.4 Å². The molecule has 0 bridgehead atoms. The van der Waals surface area contributed by atoms with Gasteiger partial charge in [0.15, 0.2) is 11.5 Å². The second-order valence-corrected chi connectivity index (χ2v) is 9.11. The number of ether oxygens (including phenoxy) is 2. The highest BCUT2D eigenvalue weighted by molar-refractivity contribution is 5.97. The summed E-state index contributed by atoms with van der Waals surface area (Å²) in [4.78, 5) is 20.2. The first kappa shape index (κ1) is 25.4. The highest BCUT2D eigenvalue weighted by Crippen LogP contribution is 2.31. The molecule has 1 atom stereocenters. The van der Waals surface area contributed by atoms with Crippen LogP contribution in [0.25, 0.3) is 0 Å². The van der Waals surface area contributed by atoms with Crippen LogP contribution in [0.3, 0.4) is 0 Å². The Morgan fingerprint density at radius 3 is 2.19 bits per heavy atom. The first-order valence-electron chi connectivity index (χ1n) is 12.3. The molecule has 1 saturated heterocycles. The number of piperazine rings is 1. The van der Waals surface area contributed by atoms with Gasteiger partial charge in [-0.25, -0.2) is 0 Å². The van der Waals surface area contributed by atoms with Crippen molar-refractivity contribution in [3.63, 3.8) is 0 Å². The van der Waals surface area contributed by atoms with Crippen LogP contribution in [-0.2, 0) is 0 Å². The molecule has 0 aliphatic carbocycles. The summed E-state index contributed by atoms with van der Waals surface area (Å²) in [5.41, 5.74) is 4.05. The van der Waals surface area contributed by atoms with Gasteiger partial charge in [-0.2, -0.15) is 0 Å². The molecule has 1 amide bonds. The van der Waals surface area contributed by atoms with Gasteiger partial charge in [0.1, 0.15) is 0 Å². The standard InChI is InChI=1S/C29H36N4O3/c1-31(2)23-15-13-22(14-16-23)26(33-19-17-32(18-20-33)24-9-6-5-7-10-24)21-30-29(34)25-11-8-12-27(35-3)28(25)36-4/h5-16,26H,17-21H2,1-4H3,(H,30,34)/t26-/m1/s1.